The maximum atomic E-state index is 15.7. The van der Waals surface area contributed by atoms with E-state index in [0.717, 1.165) is 6.20 Å². The number of hydrogen-bond acceptors (Lipinski definition) is 8. The number of aromatic nitrogens is 2. The second-order valence-corrected chi connectivity index (χ2v) is 14.5. The molecule has 9 nitrogen and oxygen atoms in total. The lowest BCUT2D eigenvalue weighted by Crippen LogP contribution is -2.45. The summed E-state index contributed by atoms with van der Waals surface area (Å²) in [6.07, 6.45) is -4.74. The van der Waals surface area contributed by atoms with Gasteiger partial charge < -0.3 is 19.2 Å². The number of benzene rings is 2. The summed E-state index contributed by atoms with van der Waals surface area (Å²) in [5.41, 5.74) is -0.724. The third kappa shape index (κ3) is 6.14. The summed E-state index contributed by atoms with van der Waals surface area (Å²) < 4.78 is 48.1. The first-order valence-electron chi connectivity index (χ1n) is 11.8. The topological polar surface area (TPSA) is 109 Å². The van der Waals surface area contributed by atoms with Crippen molar-refractivity contribution < 1.29 is 32.6 Å². The van der Waals surface area contributed by atoms with Crippen molar-refractivity contribution in [2.75, 3.05) is 11.6 Å². The number of anilines is 1. The van der Waals surface area contributed by atoms with Crippen LogP contribution in [-0.2, 0) is 14.2 Å². The Balaban J connectivity index is 1.61. The molecule has 0 aliphatic carbocycles. The van der Waals surface area contributed by atoms with Crippen molar-refractivity contribution in [2.24, 2.45) is 0 Å². The van der Waals surface area contributed by atoms with Gasteiger partial charge in [0.2, 0.25) is 6.23 Å². The molecule has 38 heavy (non-hydrogen) atoms. The SMILES string of the molecule is C[Si](C)(C)Nc1ccn([C@@H]2O[C@H](COC(=O)c3ccccc3)C(OC(=O)c3ccccc3)C2(F)F)c(=O)n1. The van der Waals surface area contributed by atoms with Crippen LogP contribution in [0, 0.1) is 0 Å². The molecule has 1 aliphatic rings. The normalized spacial score (nSPS) is 20.5. The number of nitrogens with one attached hydrogen (secondary N) is 1. The molecule has 12 heteroatoms. The van der Waals surface area contributed by atoms with Gasteiger partial charge in [0.15, 0.2) is 6.10 Å². The Morgan fingerprint density at radius 3 is 2.13 bits per heavy atom. The molecule has 1 saturated heterocycles. The molecular weight excluding hydrogens is 516 g/mol. The number of nitrogens with zero attached hydrogens (tertiary/aromatic N) is 2. The van der Waals surface area contributed by atoms with E-state index in [-0.39, 0.29) is 16.9 Å². The van der Waals surface area contributed by atoms with Gasteiger partial charge in [-0.1, -0.05) is 56.0 Å². The second-order valence-electron chi connectivity index (χ2n) is 9.74. The van der Waals surface area contributed by atoms with Gasteiger partial charge in [-0.25, -0.2) is 14.4 Å². The van der Waals surface area contributed by atoms with Crippen molar-refractivity contribution in [3.05, 3.63) is 94.5 Å². The number of ether oxygens (including phenoxy) is 3. The van der Waals surface area contributed by atoms with Crippen molar-refractivity contribution >= 4 is 26.0 Å². The van der Waals surface area contributed by atoms with E-state index in [1.54, 1.807) is 36.4 Å². The molecule has 1 N–H and O–H groups in total. The molecule has 0 amide bonds. The average Bonchev–Trinajstić information content (AvgIpc) is 3.12. The highest BCUT2D eigenvalue weighted by atomic mass is 28.3. The van der Waals surface area contributed by atoms with Crippen LogP contribution in [0.2, 0.25) is 19.6 Å². The first kappa shape index (κ1) is 27.1. The zero-order valence-electron chi connectivity index (χ0n) is 21.0. The molecule has 0 bridgehead atoms. The second kappa shape index (κ2) is 10.8. The monoisotopic (exact) mass is 543 g/mol. The molecular formula is C26H27F2N3O6Si. The van der Waals surface area contributed by atoms with Gasteiger partial charge in [-0.3, -0.25) is 4.57 Å². The zero-order chi connectivity index (χ0) is 27.5. The summed E-state index contributed by atoms with van der Waals surface area (Å²) in [6.45, 7) is 5.31. The minimum atomic E-state index is -3.87. The summed E-state index contributed by atoms with van der Waals surface area (Å²) >= 11 is 0. The van der Waals surface area contributed by atoms with Crippen molar-refractivity contribution in [3.8, 4) is 0 Å². The van der Waals surface area contributed by atoms with E-state index in [2.05, 4.69) is 9.97 Å². The van der Waals surface area contributed by atoms with E-state index in [0.29, 0.717) is 4.57 Å². The Morgan fingerprint density at radius 2 is 1.58 bits per heavy atom. The summed E-state index contributed by atoms with van der Waals surface area (Å²) in [7, 11) is -1.87. The van der Waals surface area contributed by atoms with Gasteiger partial charge in [0.25, 0.3) is 0 Å². The van der Waals surface area contributed by atoms with Crippen molar-refractivity contribution in [1.82, 2.24) is 9.55 Å². The fourth-order valence-corrected chi connectivity index (χ4v) is 4.77. The maximum Gasteiger partial charge on any atom is 0.351 e. The molecule has 4 rings (SSSR count). The van der Waals surface area contributed by atoms with Gasteiger partial charge in [-0.2, -0.15) is 13.8 Å². The van der Waals surface area contributed by atoms with Crippen LogP contribution in [0.25, 0.3) is 0 Å². The van der Waals surface area contributed by atoms with Crippen LogP contribution >= 0.6 is 0 Å². The van der Waals surface area contributed by atoms with E-state index in [1.807, 2.05) is 19.6 Å². The Bertz CT molecular complexity index is 1350. The minimum absolute atomic E-state index is 0.0485. The van der Waals surface area contributed by atoms with Crippen molar-refractivity contribution in [3.63, 3.8) is 0 Å². The molecule has 2 heterocycles. The minimum Gasteiger partial charge on any atom is -0.459 e. The summed E-state index contributed by atoms with van der Waals surface area (Å²) in [6, 6.07) is 17.0. The summed E-state index contributed by atoms with van der Waals surface area (Å²) in [5, 5.41) is 0. The first-order valence-corrected chi connectivity index (χ1v) is 15.3. The molecule has 3 atom stereocenters. The molecule has 2 aromatic carbocycles. The van der Waals surface area contributed by atoms with Gasteiger partial charge in [0.05, 0.1) is 11.1 Å². The summed E-state index contributed by atoms with van der Waals surface area (Å²) in [5.74, 6) is -5.39. The van der Waals surface area contributed by atoms with E-state index in [1.165, 1.54) is 30.3 Å². The molecule has 0 saturated carbocycles. The highest BCUT2D eigenvalue weighted by molar-refractivity contribution is 6.79. The molecule has 0 radical (unpaired) electrons. The van der Waals surface area contributed by atoms with Crippen LogP contribution in [0.15, 0.2) is 77.7 Å². The number of alkyl halides is 2. The number of carbonyl (C=O) groups is 2. The Kier molecular flexibility index (Phi) is 7.74. The first-order chi connectivity index (χ1) is 18.0. The van der Waals surface area contributed by atoms with Crippen LogP contribution in [0.5, 0.6) is 0 Å². The number of rotatable bonds is 8. The van der Waals surface area contributed by atoms with E-state index < -0.39 is 56.8 Å². The highest BCUT2D eigenvalue weighted by Crippen LogP contribution is 2.44. The van der Waals surface area contributed by atoms with E-state index in [4.69, 9.17) is 14.2 Å². The standard InChI is InChI=1S/C26H27F2N3O6Si/c1-38(2,3)30-20-14-15-31(25(34)29-20)24-26(27,28)21(37-23(33)18-12-8-5-9-13-18)19(36-24)16-35-22(32)17-10-6-4-7-11-17/h4-15,19,21,24H,16H2,1-3H3,(H,29,30,34)/t19-,21?,24-/m1/s1. The number of carbonyl (C=O) groups excluding carboxylic acids is 2. The fraction of sp³-hybridized carbons (Fsp3) is 0.308. The molecule has 1 fully saturated rings. The lowest BCUT2D eigenvalue weighted by molar-refractivity contribution is -0.142. The van der Waals surface area contributed by atoms with Crippen LogP contribution in [0.4, 0.5) is 14.6 Å². The third-order valence-corrected chi connectivity index (χ3v) is 6.57. The lowest BCUT2D eigenvalue weighted by atomic mass is 10.1. The smallest absolute Gasteiger partial charge is 0.351 e. The quantitative estimate of drug-likeness (QED) is 0.334. The maximum absolute atomic E-state index is 15.7. The number of esters is 2. The van der Waals surface area contributed by atoms with Gasteiger partial charge in [-0.15, -0.1) is 0 Å². The fourth-order valence-electron chi connectivity index (χ4n) is 3.87. The molecule has 1 unspecified atom stereocenters. The van der Waals surface area contributed by atoms with Crippen LogP contribution in [0.1, 0.15) is 26.9 Å². The predicted molar refractivity (Wildman–Crippen MR) is 137 cm³/mol. The van der Waals surface area contributed by atoms with E-state index in [9.17, 15) is 14.4 Å². The molecule has 3 aromatic rings. The van der Waals surface area contributed by atoms with Gasteiger partial charge in [-0.05, 0) is 30.3 Å². The zero-order valence-corrected chi connectivity index (χ0v) is 22.0. The van der Waals surface area contributed by atoms with Gasteiger partial charge >= 0.3 is 23.6 Å². The van der Waals surface area contributed by atoms with Gasteiger partial charge in [0, 0.05) is 6.20 Å². The Labute approximate surface area is 218 Å². The molecule has 200 valence electrons. The van der Waals surface area contributed by atoms with Gasteiger partial charge in [0.1, 0.15) is 26.8 Å². The molecule has 0 spiro atoms. The third-order valence-electron chi connectivity index (χ3n) is 5.57. The van der Waals surface area contributed by atoms with Crippen molar-refractivity contribution in [1.29, 1.82) is 0 Å². The summed E-state index contributed by atoms with van der Waals surface area (Å²) in [4.78, 5) is 44.8. The van der Waals surface area contributed by atoms with Crippen LogP contribution in [0.3, 0.4) is 0 Å². The van der Waals surface area contributed by atoms with E-state index >= 15 is 8.78 Å². The number of halogens is 2. The van der Waals surface area contributed by atoms with Crippen molar-refractivity contribution in [2.45, 2.75) is 44.0 Å². The lowest BCUT2D eigenvalue weighted by Gasteiger charge is -2.24. The largest absolute Gasteiger partial charge is 0.459 e. The van der Waals surface area contributed by atoms with Crippen LogP contribution in [-0.4, -0.2) is 54.5 Å². The highest BCUT2D eigenvalue weighted by Gasteiger charge is 2.63. The predicted octanol–water partition coefficient (Wildman–Crippen LogP) is 4.11. The average molecular weight is 544 g/mol. The Morgan fingerprint density at radius 1 is 1.00 bits per heavy atom. The Hall–Kier alpha value is -3.90. The molecule has 1 aliphatic heterocycles. The number of hydrogen-bond donors (Lipinski definition) is 1. The molecule has 1 aromatic heterocycles. The van der Waals surface area contributed by atoms with Crippen LogP contribution < -0.4 is 10.7 Å².